The summed E-state index contributed by atoms with van der Waals surface area (Å²) >= 11 is 0. The first-order valence-electron chi connectivity index (χ1n) is 6.18. The fraction of sp³-hybridized carbons (Fsp3) is 0.438. The second-order valence-electron chi connectivity index (χ2n) is 3.83. The number of benzene rings is 1. The van der Waals surface area contributed by atoms with E-state index in [4.69, 9.17) is 6.42 Å². The van der Waals surface area contributed by atoms with Crippen LogP contribution in [0.5, 0.6) is 0 Å². The van der Waals surface area contributed by atoms with Gasteiger partial charge in [0.25, 0.3) is 0 Å². The van der Waals surface area contributed by atoms with Crippen molar-refractivity contribution in [1.29, 1.82) is 0 Å². The molecule has 1 N–H and O–H groups in total. The molecule has 2 nitrogen and oxygen atoms in total. The molecular formula is C16H25NO. The summed E-state index contributed by atoms with van der Waals surface area (Å²) in [5.41, 5.74) is 1.32. The molecule has 1 unspecified atom stereocenters. The molecule has 0 amide bonds. The molecule has 18 heavy (non-hydrogen) atoms. The van der Waals surface area contributed by atoms with Crippen molar-refractivity contribution in [2.24, 2.45) is 0 Å². The van der Waals surface area contributed by atoms with Gasteiger partial charge < -0.3 is 10.1 Å². The number of terminal acetylenes is 1. The van der Waals surface area contributed by atoms with Gasteiger partial charge in [-0.2, -0.15) is 0 Å². The number of carbonyl (C=O) groups is 1. The number of hydrogen-bond donors (Lipinski definition) is 1. The van der Waals surface area contributed by atoms with E-state index in [2.05, 4.69) is 37.2 Å². The first kappa shape index (κ1) is 18.8. The van der Waals surface area contributed by atoms with Crippen LogP contribution in [0, 0.1) is 19.3 Å². The Morgan fingerprint density at radius 2 is 1.89 bits per heavy atom. The third kappa shape index (κ3) is 16.8. The summed E-state index contributed by atoms with van der Waals surface area (Å²) in [5, 5.41) is 3.02. The molecule has 1 aromatic rings. The number of rotatable bonds is 3. The normalized spacial score (nSPS) is 9.72. The van der Waals surface area contributed by atoms with Crippen LogP contribution in [-0.2, 0) is 4.79 Å². The van der Waals surface area contributed by atoms with Crippen molar-refractivity contribution in [3.63, 3.8) is 0 Å². The van der Waals surface area contributed by atoms with E-state index in [-0.39, 0.29) is 0 Å². The van der Waals surface area contributed by atoms with Crippen molar-refractivity contribution in [1.82, 2.24) is 5.32 Å². The fourth-order valence-corrected chi connectivity index (χ4v) is 0.813. The Kier molecular flexibility index (Phi) is 16.1. The highest BCUT2D eigenvalue weighted by Crippen LogP contribution is 1.92. The second kappa shape index (κ2) is 15.4. The molecule has 0 aromatic heterocycles. The Bertz CT molecular complexity index is 314. The maximum Gasteiger partial charge on any atom is 0.119 e. The van der Waals surface area contributed by atoms with Gasteiger partial charge in [-0.25, -0.2) is 0 Å². The number of aldehydes is 1. The molecule has 0 saturated carbocycles. The summed E-state index contributed by atoms with van der Waals surface area (Å²) < 4.78 is 0. The van der Waals surface area contributed by atoms with Crippen molar-refractivity contribution in [2.45, 2.75) is 39.7 Å². The van der Waals surface area contributed by atoms with E-state index >= 15 is 0 Å². The molecule has 0 aliphatic rings. The number of hydrogen-bond acceptors (Lipinski definition) is 2. The van der Waals surface area contributed by atoms with Crippen LogP contribution in [0.1, 0.15) is 32.3 Å². The fourth-order valence-electron chi connectivity index (χ4n) is 0.813. The molecule has 0 heterocycles. The predicted octanol–water partition coefficient (Wildman–Crippen LogP) is 3.21. The van der Waals surface area contributed by atoms with E-state index in [0.29, 0.717) is 12.5 Å². The lowest BCUT2D eigenvalue weighted by atomic mass is 10.2. The summed E-state index contributed by atoms with van der Waals surface area (Å²) in [4.78, 5) is 9.17. The molecule has 0 spiro atoms. The Morgan fingerprint density at radius 1 is 1.39 bits per heavy atom. The predicted molar refractivity (Wildman–Crippen MR) is 79.5 cm³/mol. The first-order valence-corrected chi connectivity index (χ1v) is 6.18. The van der Waals surface area contributed by atoms with Crippen LogP contribution < -0.4 is 5.32 Å². The highest BCUT2D eigenvalue weighted by Gasteiger charge is 1.89. The minimum absolute atomic E-state index is 0.463. The summed E-state index contributed by atoms with van der Waals surface area (Å²) in [6.45, 7) is 5.95. The van der Waals surface area contributed by atoms with E-state index in [1.807, 2.05) is 32.2 Å². The van der Waals surface area contributed by atoms with Gasteiger partial charge in [0.2, 0.25) is 0 Å². The summed E-state index contributed by atoms with van der Waals surface area (Å²) in [6, 6.07) is 10.7. The Hall–Kier alpha value is -1.59. The van der Waals surface area contributed by atoms with Gasteiger partial charge in [0.1, 0.15) is 6.29 Å². The van der Waals surface area contributed by atoms with Gasteiger partial charge in [0, 0.05) is 18.9 Å². The molecular weight excluding hydrogens is 222 g/mol. The van der Waals surface area contributed by atoms with E-state index in [1.165, 1.54) is 5.56 Å². The Balaban J connectivity index is 0. The number of aryl methyl sites for hydroxylation is 1. The number of carbonyl (C=O) groups excluding carboxylic acids is 1. The molecule has 1 rings (SSSR count). The van der Waals surface area contributed by atoms with Gasteiger partial charge in [-0.3, -0.25) is 0 Å². The molecule has 1 aromatic carbocycles. The molecule has 1 atom stereocenters. The zero-order valence-electron chi connectivity index (χ0n) is 11.9. The molecule has 0 aliphatic carbocycles. The largest absolute Gasteiger partial charge is 0.316 e. The van der Waals surface area contributed by atoms with Crippen LogP contribution in [0.4, 0.5) is 0 Å². The molecule has 0 saturated heterocycles. The lowest BCUT2D eigenvalue weighted by Crippen LogP contribution is -2.19. The van der Waals surface area contributed by atoms with E-state index in [0.717, 1.165) is 12.7 Å². The lowest BCUT2D eigenvalue weighted by Gasteiger charge is -2.01. The lowest BCUT2D eigenvalue weighted by molar-refractivity contribution is -0.107. The van der Waals surface area contributed by atoms with Gasteiger partial charge in [-0.15, -0.1) is 12.3 Å². The van der Waals surface area contributed by atoms with Gasteiger partial charge in [0.05, 0.1) is 0 Å². The van der Waals surface area contributed by atoms with E-state index in [1.54, 1.807) is 0 Å². The molecule has 0 bridgehead atoms. The van der Waals surface area contributed by atoms with E-state index in [9.17, 15) is 4.79 Å². The molecule has 0 aliphatic heterocycles. The van der Waals surface area contributed by atoms with Crippen LogP contribution in [0.15, 0.2) is 30.3 Å². The van der Waals surface area contributed by atoms with Gasteiger partial charge in [-0.1, -0.05) is 42.8 Å². The molecule has 0 radical (unpaired) electrons. The quantitative estimate of drug-likeness (QED) is 0.656. The highest BCUT2D eigenvalue weighted by molar-refractivity contribution is 5.48. The summed E-state index contributed by atoms with van der Waals surface area (Å²) in [5.74, 6) is 2.56. The first-order chi connectivity index (χ1) is 8.62. The monoisotopic (exact) mass is 247 g/mol. The number of nitrogens with one attached hydrogen (secondary N) is 1. The van der Waals surface area contributed by atoms with Gasteiger partial charge >= 0.3 is 0 Å². The summed E-state index contributed by atoms with van der Waals surface area (Å²) in [7, 11) is 1.90. The second-order valence-corrected chi connectivity index (χ2v) is 3.83. The zero-order chi connectivity index (χ0) is 14.2. The van der Waals surface area contributed by atoms with Gasteiger partial charge in [-0.05, 0) is 20.9 Å². The third-order valence-electron chi connectivity index (χ3n) is 2.02. The van der Waals surface area contributed by atoms with Crippen LogP contribution in [0.2, 0.25) is 0 Å². The van der Waals surface area contributed by atoms with Crippen molar-refractivity contribution in [3.8, 4) is 12.3 Å². The van der Waals surface area contributed by atoms with Crippen molar-refractivity contribution in [2.75, 3.05) is 7.05 Å². The average Bonchev–Trinajstić information content (AvgIpc) is 2.41. The average molecular weight is 247 g/mol. The standard InChI is InChI=1S/C7H8.C6H11N.C3H6O/c1-7-5-3-2-4-6-7;1-4-5-6(2)7-3;1-2-3-4/h2-6H,1H3;1,6-7H,5H2,2-3H3;3H,2H2,1H3. The topological polar surface area (TPSA) is 29.1 Å². The van der Waals surface area contributed by atoms with Crippen LogP contribution in [0.3, 0.4) is 0 Å². The summed E-state index contributed by atoms with van der Waals surface area (Å²) in [6.07, 6.45) is 7.34. The minimum atomic E-state index is 0.463. The molecule has 100 valence electrons. The van der Waals surface area contributed by atoms with Crippen molar-refractivity contribution >= 4 is 6.29 Å². The van der Waals surface area contributed by atoms with Crippen LogP contribution in [0.25, 0.3) is 0 Å². The maximum atomic E-state index is 9.17. The van der Waals surface area contributed by atoms with Crippen molar-refractivity contribution in [3.05, 3.63) is 35.9 Å². The third-order valence-corrected chi connectivity index (χ3v) is 2.02. The van der Waals surface area contributed by atoms with E-state index < -0.39 is 0 Å². The SMILES string of the molecule is C#CCC(C)NC.CCC=O.Cc1ccccc1. The Labute approximate surface area is 112 Å². The minimum Gasteiger partial charge on any atom is -0.316 e. The van der Waals surface area contributed by atoms with Crippen LogP contribution >= 0.6 is 0 Å². The van der Waals surface area contributed by atoms with Crippen LogP contribution in [-0.4, -0.2) is 19.4 Å². The maximum absolute atomic E-state index is 9.17. The molecule has 0 fully saturated rings. The van der Waals surface area contributed by atoms with Crippen molar-refractivity contribution < 1.29 is 4.79 Å². The highest BCUT2D eigenvalue weighted by atomic mass is 16.1. The Morgan fingerprint density at radius 3 is 2.06 bits per heavy atom. The molecule has 2 heteroatoms. The zero-order valence-corrected chi connectivity index (χ0v) is 11.9. The smallest absolute Gasteiger partial charge is 0.119 e. The van der Waals surface area contributed by atoms with Gasteiger partial charge in [0.15, 0.2) is 0 Å².